The van der Waals surface area contributed by atoms with Crippen LogP contribution in [0, 0.1) is 0 Å². The van der Waals surface area contributed by atoms with Gasteiger partial charge in [-0.2, -0.15) is 11.8 Å². The number of amides is 3. The van der Waals surface area contributed by atoms with Crippen molar-refractivity contribution in [2.24, 2.45) is 5.73 Å². The Labute approximate surface area is 150 Å². The second kappa shape index (κ2) is 11.7. The van der Waals surface area contributed by atoms with E-state index in [9.17, 15) is 24.3 Å². The molecule has 0 fully saturated rings. The molecule has 4 unspecified atom stereocenters. The molecule has 11 heteroatoms. The van der Waals surface area contributed by atoms with Crippen LogP contribution in [0.25, 0.3) is 0 Å². The van der Waals surface area contributed by atoms with Crippen LogP contribution in [-0.2, 0) is 19.2 Å². The van der Waals surface area contributed by atoms with Crippen molar-refractivity contribution in [3.63, 3.8) is 0 Å². The van der Waals surface area contributed by atoms with Crippen LogP contribution in [0.4, 0.5) is 0 Å². The van der Waals surface area contributed by atoms with Crippen molar-refractivity contribution in [3.8, 4) is 0 Å². The Morgan fingerprint density at radius 2 is 1.72 bits per heavy atom. The zero-order valence-corrected chi connectivity index (χ0v) is 15.3. The molecule has 0 aromatic carbocycles. The molecule has 0 rings (SSSR count). The third-order valence-electron chi connectivity index (χ3n) is 3.21. The maximum Gasteiger partial charge on any atom is 0.328 e. The van der Waals surface area contributed by atoms with Crippen molar-refractivity contribution in [2.45, 2.75) is 44.5 Å². The van der Waals surface area contributed by atoms with E-state index in [0.717, 1.165) is 0 Å². The van der Waals surface area contributed by atoms with Gasteiger partial charge < -0.3 is 31.9 Å². The molecule has 0 bridgehead atoms. The summed E-state index contributed by atoms with van der Waals surface area (Å²) in [5.41, 5.74) is 5.68. The first kappa shape index (κ1) is 23.1. The fourth-order valence-electron chi connectivity index (χ4n) is 1.70. The number of hydrogen-bond acceptors (Lipinski definition) is 7. The molecule has 10 nitrogen and oxygen atoms in total. The number of thioether (sulfide) groups is 1. The van der Waals surface area contributed by atoms with Gasteiger partial charge in [-0.05, 0) is 32.3 Å². The third kappa shape index (κ3) is 9.27. The Balaban J connectivity index is 4.33. The summed E-state index contributed by atoms with van der Waals surface area (Å²) in [7, 11) is 0. The van der Waals surface area contributed by atoms with Gasteiger partial charge in [-0.15, -0.1) is 0 Å². The minimum absolute atomic E-state index is 0.471. The molecular formula is C14H26N4O6S. The number of aliphatic hydroxyl groups is 1. The highest BCUT2D eigenvalue weighted by Crippen LogP contribution is 1.99. The molecule has 4 atom stereocenters. The number of carboxylic acids is 1. The molecule has 0 saturated heterocycles. The Kier molecular flexibility index (Phi) is 10.8. The van der Waals surface area contributed by atoms with Crippen molar-refractivity contribution in [1.29, 1.82) is 0 Å². The molecule has 0 heterocycles. The monoisotopic (exact) mass is 378 g/mol. The molecule has 0 radical (unpaired) electrons. The average Bonchev–Trinajstić information content (AvgIpc) is 2.54. The number of aliphatic hydroxyl groups excluding tert-OH is 1. The molecule has 0 aromatic heterocycles. The Hall–Kier alpha value is -1.85. The molecule has 0 saturated carbocycles. The van der Waals surface area contributed by atoms with Gasteiger partial charge in [-0.1, -0.05) is 0 Å². The maximum atomic E-state index is 11.9. The van der Waals surface area contributed by atoms with E-state index >= 15 is 0 Å². The second-order valence-electron chi connectivity index (χ2n) is 5.46. The summed E-state index contributed by atoms with van der Waals surface area (Å²) >= 11 is 1.55. The first-order valence-electron chi connectivity index (χ1n) is 7.63. The van der Waals surface area contributed by atoms with Crippen LogP contribution in [0.1, 0.15) is 20.3 Å². The number of nitrogens with one attached hydrogen (secondary N) is 3. The van der Waals surface area contributed by atoms with Crippen LogP contribution in [-0.4, -0.2) is 76.7 Å². The fourth-order valence-corrected chi connectivity index (χ4v) is 2.19. The van der Waals surface area contributed by atoms with Crippen molar-refractivity contribution >= 4 is 35.5 Å². The van der Waals surface area contributed by atoms with Crippen molar-refractivity contribution in [3.05, 3.63) is 0 Å². The van der Waals surface area contributed by atoms with E-state index in [1.165, 1.54) is 13.8 Å². The van der Waals surface area contributed by atoms with E-state index in [2.05, 4.69) is 16.0 Å². The van der Waals surface area contributed by atoms with Crippen LogP contribution in [0.15, 0.2) is 0 Å². The summed E-state index contributed by atoms with van der Waals surface area (Å²) in [5.74, 6) is -2.55. The lowest BCUT2D eigenvalue weighted by Gasteiger charge is -2.19. The number of nitrogens with two attached hydrogens (primary N) is 1. The lowest BCUT2D eigenvalue weighted by Crippen LogP contribution is -2.53. The van der Waals surface area contributed by atoms with Gasteiger partial charge in [-0.3, -0.25) is 14.4 Å². The first-order chi connectivity index (χ1) is 11.6. The van der Waals surface area contributed by atoms with Crippen LogP contribution in [0.3, 0.4) is 0 Å². The zero-order valence-electron chi connectivity index (χ0n) is 14.4. The highest BCUT2D eigenvalue weighted by atomic mass is 32.2. The van der Waals surface area contributed by atoms with E-state index in [0.29, 0.717) is 12.2 Å². The number of hydrogen-bond donors (Lipinski definition) is 6. The van der Waals surface area contributed by atoms with Gasteiger partial charge in [0, 0.05) is 0 Å². The van der Waals surface area contributed by atoms with Crippen LogP contribution in [0.2, 0.25) is 0 Å². The Morgan fingerprint density at radius 1 is 1.12 bits per heavy atom. The maximum absolute atomic E-state index is 11.9. The number of carbonyl (C=O) groups excluding carboxylic acids is 3. The van der Waals surface area contributed by atoms with Crippen molar-refractivity contribution in [2.75, 3.05) is 18.6 Å². The van der Waals surface area contributed by atoms with Gasteiger partial charge in [0.25, 0.3) is 0 Å². The minimum Gasteiger partial charge on any atom is -0.480 e. The largest absolute Gasteiger partial charge is 0.480 e. The summed E-state index contributed by atoms with van der Waals surface area (Å²) in [5, 5.41) is 24.9. The average molecular weight is 378 g/mol. The highest BCUT2D eigenvalue weighted by molar-refractivity contribution is 7.98. The summed E-state index contributed by atoms with van der Waals surface area (Å²) in [6, 6.07) is -3.11. The number of rotatable bonds is 11. The highest BCUT2D eigenvalue weighted by Gasteiger charge is 2.25. The molecule has 25 heavy (non-hydrogen) atoms. The number of carbonyl (C=O) groups is 4. The second-order valence-corrected chi connectivity index (χ2v) is 6.45. The van der Waals surface area contributed by atoms with Gasteiger partial charge >= 0.3 is 5.97 Å². The van der Waals surface area contributed by atoms with E-state index in [-0.39, 0.29) is 0 Å². The summed E-state index contributed by atoms with van der Waals surface area (Å²) < 4.78 is 0. The lowest BCUT2D eigenvalue weighted by molar-refractivity contribution is -0.144. The standard InChI is InChI=1S/C14H26N4O6S/c1-7(17-13(22)9(15)4-5-25-3)12(21)16-6-10(20)18-11(8(2)19)14(23)24/h7-9,11,19H,4-6,15H2,1-3H3,(H,16,21)(H,17,22)(H,18,20)(H,23,24). The van der Waals surface area contributed by atoms with Crippen LogP contribution >= 0.6 is 11.8 Å². The summed E-state index contributed by atoms with van der Waals surface area (Å²) in [6.07, 6.45) is 1.07. The van der Waals surface area contributed by atoms with Gasteiger partial charge in [-0.25, -0.2) is 4.79 Å². The normalized spacial score (nSPS) is 15.4. The smallest absolute Gasteiger partial charge is 0.328 e. The molecule has 0 aliphatic rings. The summed E-state index contributed by atoms with van der Waals surface area (Å²) in [6.45, 7) is 2.16. The first-order valence-corrected chi connectivity index (χ1v) is 9.02. The van der Waals surface area contributed by atoms with Gasteiger partial charge in [0.05, 0.1) is 18.7 Å². The number of aliphatic carboxylic acids is 1. The molecule has 0 aliphatic carbocycles. The van der Waals surface area contributed by atoms with E-state index in [1.54, 1.807) is 11.8 Å². The topological polar surface area (TPSA) is 171 Å². The molecule has 0 aliphatic heterocycles. The minimum atomic E-state index is -1.48. The molecule has 0 spiro atoms. The van der Waals surface area contributed by atoms with Crippen molar-refractivity contribution < 1.29 is 29.4 Å². The zero-order chi connectivity index (χ0) is 19.6. The van der Waals surface area contributed by atoms with Crippen molar-refractivity contribution in [1.82, 2.24) is 16.0 Å². The number of carboxylic acid groups (broad SMARTS) is 1. The van der Waals surface area contributed by atoms with Gasteiger partial charge in [0.15, 0.2) is 6.04 Å². The third-order valence-corrected chi connectivity index (χ3v) is 3.85. The quantitative estimate of drug-likeness (QED) is 0.232. The Bertz CT molecular complexity index is 488. The molecule has 7 N–H and O–H groups in total. The molecular weight excluding hydrogens is 352 g/mol. The van der Waals surface area contributed by atoms with Crippen LogP contribution < -0.4 is 21.7 Å². The molecule has 3 amide bonds. The van der Waals surface area contributed by atoms with Gasteiger partial charge in [0.1, 0.15) is 6.04 Å². The summed E-state index contributed by atoms with van der Waals surface area (Å²) in [4.78, 5) is 46.1. The predicted octanol–water partition coefficient (Wildman–Crippen LogP) is -2.36. The SMILES string of the molecule is CSCCC(N)C(=O)NC(C)C(=O)NCC(=O)NC(C(=O)O)C(C)O. The predicted molar refractivity (Wildman–Crippen MR) is 92.8 cm³/mol. The van der Waals surface area contributed by atoms with Gasteiger partial charge in [0.2, 0.25) is 17.7 Å². The van der Waals surface area contributed by atoms with E-state index < -0.39 is 54.5 Å². The molecule has 144 valence electrons. The van der Waals surface area contributed by atoms with Crippen LogP contribution in [0.5, 0.6) is 0 Å². The Morgan fingerprint density at radius 3 is 2.20 bits per heavy atom. The van der Waals surface area contributed by atoms with E-state index in [4.69, 9.17) is 10.8 Å². The molecule has 0 aromatic rings. The fraction of sp³-hybridized carbons (Fsp3) is 0.714. The van der Waals surface area contributed by atoms with E-state index in [1.807, 2.05) is 6.26 Å². The lowest BCUT2D eigenvalue weighted by atomic mass is 10.2.